The molecular weight excluding hydrogens is 290 g/mol. The third kappa shape index (κ3) is 5.43. The number of carbonyl (C=O) groups is 1. The molecule has 1 heterocycles. The second-order valence-electron chi connectivity index (χ2n) is 4.98. The van der Waals surface area contributed by atoms with Crippen LogP contribution in [0.2, 0.25) is 0 Å². The number of pyridine rings is 1. The van der Waals surface area contributed by atoms with Crippen LogP contribution in [-0.2, 0) is 13.0 Å². The van der Waals surface area contributed by atoms with Gasteiger partial charge in [0, 0.05) is 37.5 Å². The molecule has 2 aromatic rings. The lowest BCUT2D eigenvalue weighted by molar-refractivity contribution is 0.0963. The van der Waals surface area contributed by atoms with Gasteiger partial charge < -0.3 is 16.4 Å². The predicted octanol–water partition coefficient (Wildman–Crippen LogP) is 1.09. The van der Waals surface area contributed by atoms with E-state index in [1.807, 2.05) is 36.4 Å². The minimum Gasteiger partial charge on any atom is -0.370 e. The summed E-state index contributed by atoms with van der Waals surface area (Å²) in [6, 6.07) is 13.1. The topological polar surface area (TPSA) is 92.4 Å². The van der Waals surface area contributed by atoms with E-state index in [9.17, 15) is 4.79 Å². The molecule has 1 aromatic carbocycles. The molecule has 1 amide bonds. The van der Waals surface area contributed by atoms with Crippen LogP contribution in [0.4, 0.5) is 0 Å². The van der Waals surface area contributed by atoms with Crippen molar-refractivity contribution in [2.75, 3.05) is 13.6 Å². The number of amides is 1. The van der Waals surface area contributed by atoms with Crippen molar-refractivity contribution < 1.29 is 4.79 Å². The van der Waals surface area contributed by atoms with Crippen LogP contribution in [0.1, 0.15) is 21.6 Å². The largest absolute Gasteiger partial charge is 0.370 e. The van der Waals surface area contributed by atoms with E-state index in [0.717, 1.165) is 17.7 Å². The van der Waals surface area contributed by atoms with E-state index < -0.39 is 0 Å². The summed E-state index contributed by atoms with van der Waals surface area (Å²) in [5.41, 5.74) is 8.40. The molecule has 23 heavy (non-hydrogen) atoms. The Labute approximate surface area is 135 Å². The third-order valence-electron chi connectivity index (χ3n) is 3.26. The summed E-state index contributed by atoms with van der Waals surface area (Å²) < 4.78 is 0. The fourth-order valence-corrected chi connectivity index (χ4v) is 2.05. The quantitative estimate of drug-likeness (QED) is 0.550. The molecule has 0 bridgehead atoms. The van der Waals surface area contributed by atoms with E-state index >= 15 is 0 Å². The monoisotopic (exact) mass is 311 g/mol. The second kappa shape index (κ2) is 8.53. The average molecular weight is 311 g/mol. The number of aliphatic imine (C=N–C) groups is 1. The Bertz CT molecular complexity index is 670. The molecule has 0 aliphatic rings. The van der Waals surface area contributed by atoms with Crippen molar-refractivity contribution in [3.63, 3.8) is 0 Å². The Morgan fingerprint density at radius 1 is 1.26 bits per heavy atom. The van der Waals surface area contributed by atoms with Gasteiger partial charge in [0.2, 0.25) is 0 Å². The third-order valence-corrected chi connectivity index (χ3v) is 3.26. The molecule has 0 aliphatic carbocycles. The highest BCUT2D eigenvalue weighted by Gasteiger charge is 2.03. The number of benzene rings is 1. The van der Waals surface area contributed by atoms with Crippen LogP contribution in [0.3, 0.4) is 0 Å². The molecule has 6 nitrogen and oxygen atoms in total. The Morgan fingerprint density at radius 2 is 2.13 bits per heavy atom. The van der Waals surface area contributed by atoms with Gasteiger partial charge in [-0.1, -0.05) is 18.2 Å². The number of aromatic nitrogens is 1. The molecule has 0 aliphatic heterocycles. The molecule has 0 fully saturated rings. The Hall–Kier alpha value is -2.89. The molecule has 2 rings (SSSR count). The van der Waals surface area contributed by atoms with Crippen molar-refractivity contribution >= 4 is 11.9 Å². The number of rotatable bonds is 6. The molecule has 0 spiro atoms. The first kappa shape index (κ1) is 16.5. The zero-order valence-electron chi connectivity index (χ0n) is 13.1. The lowest BCUT2D eigenvalue weighted by Gasteiger charge is -2.06. The SMILES string of the molecule is CNC(=O)c1cccc(CN=C(N)NCCc2ccccn2)c1. The Kier molecular flexibility index (Phi) is 6.11. The van der Waals surface area contributed by atoms with Crippen molar-refractivity contribution in [2.24, 2.45) is 10.7 Å². The second-order valence-corrected chi connectivity index (χ2v) is 4.98. The molecule has 4 N–H and O–H groups in total. The van der Waals surface area contributed by atoms with Gasteiger partial charge in [-0.3, -0.25) is 9.78 Å². The van der Waals surface area contributed by atoms with Gasteiger partial charge in [-0.05, 0) is 29.8 Å². The van der Waals surface area contributed by atoms with Crippen LogP contribution >= 0.6 is 0 Å². The summed E-state index contributed by atoms with van der Waals surface area (Å²) in [6.45, 7) is 1.10. The number of guanidine groups is 1. The smallest absolute Gasteiger partial charge is 0.251 e. The number of nitrogens with zero attached hydrogens (tertiary/aromatic N) is 2. The van der Waals surface area contributed by atoms with Crippen molar-refractivity contribution in [1.82, 2.24) is 15.6 Å². The van der Waals surface area contributed by atoms with Crippen LogP contribution in [0, 0.1) is 0 Å². The molecule has 0 atom stereocenters. The number of hydrogen-bond acceptors (Lipinski definition) is 3. The van der Waals surface area contributed by atoms with Gasteiger partial charge in [0.1, 0.15) is 0 Å². The van der Waals surface area contributed by atoms with Gasteiger partial charge in [0.25, 0.3) is 5.91 Å². The van der Waals surface area contributed by atoms with Crippen molar-refractivity contribution in [3.8, 4) is 0 Å². The zero-order valence-corrected chi connectivity index (χ0v) is 13.1. The lowest BCUT2D eigenvalue weighted by atomic mass is 10.1. The number of nitrogens with one attached hydrogen (secondary N) is 2. The molecule has 0 radical (unpaired) electrons. The maximum Gasteiger partial charge on any atom is 0.251 e. The maximum atomic E-state index is 11.6. The van der Waals surface area contributed by atoms with E-state index in [-0.39, 0.29) is 5.91 Å². The lowest BCUT2D eigenvalue weighted by Crippen LogP contribution is -2.33. The minimum absolute atomic E-state index is 0.114. The summed E-state index contributed by atoms with van der Waals surface area (Å²) in [5, 5.41) is 5.66. The van der Waals surface area contributed by atoms with Crippen LogP contribution in [0.5, 0.6) is 0 Å². The van der Waals surface area contributed by atoms with Gasteiger partial charge >= 0.3 is 0 Å². The van der Waals surface area contributed by atoms with Gasteiger partial charge in [-0.15, -0.1) is 0 Å². The van der Waals surface area contributed by atoms with Gasteiger partial charge in [-0.2, -0.15) is 0 Å². The van der Waals surface area contributed by atoms with Crippen molar-refractivity contribution in [1.29, 1.82) is 0 Å². The molecule has 0 unspecified atom stereocenters. The first-order chi connectivity index (χ1) is 11.2. The highest BCUT2D eigenvalue weighted by molar-refractivity contribution is 5.94. The first-order valence-corrected chi connectivity index (χ1v) is 7.44. The van der Waals surface area contributed by atoms with Gasteiger partial charge in [0.05, 0.1) is 6.54 Å². The maximum absolute atomic E-state index is 11.6. The summed E-state index contributed by atoms with van der Waals surface area (Å²) in [6.07, 6.45) is 2.55. The number of hydrogen-bond donors (Lipinski definition) is 3. The molecule has 0 saturated heterocycles. The fraction of sp³-hybridized carbons (Fsp3) is 0.235. The minimum atomic E-state index is -0.114. The van der Waals surface area contributed by atoms with Crippen molar-refractivity contribution in [2.45, 2.75) is 13.0 Å². The van der Waals surface area contributed by atoms with Crippen LogP contribution in [0.15, 0.2) is 53.7 Å². The van der Waals surface area contributed by atoms with E-state index in [0.29, 0.717) is 24.6 Å². The number of carbonyl (C=O) groups excluding carboxylic acids is 1. The number of nitrogens with two attached hydrogens (primary N) is 1. The summed E-state index contributed by atoms with van der Waals surface area (Å²) >= 11 is 0. The van der Waals surface area contributed by atoms with E-state index in [1.165, 1.54) is 0 Å². The summed E-state index contributed by atoms with van der Waals surface area (Å²) in [7, 11) is 1.61. The van der Waals surface area contributed by atoms with E-state index in [4.69, 9.17) is 5.73 Å². The molecule has 1 aromatic heterocycles. The summed E-state index contributed by atoms with van der Waals surface area (Å²) in [4.78, 5) is 20.1. The first-order valence-electron chi connectivity index (χ1n) is 7.44. The van der Waals surface area contributed by atoms with Crippen LogP contribution in [-0.4, -0.2) is 30.4 Å². The summed E-state index contributed by atoms with van der Waals surface area (Å²) in [5.74, 6) is 0.267. The van der Waals surface area contributed by atoms with Gasteiger partial charge in [0.15, 0.2) is 5.96 Å². The van der Waals surface area contributed by atoms with E-state index in [1.54, 1.807) is 19.3 Å². The zero-order chi connectivity index (χ0) is 16.5. The Balaban J connectivity index is 1.83. The van der Waals surface area contributed by atoms with Crippen LogP contribution in [0.25, 0.3) is 0 Å². The Morgan fingerprint density at radius 3 is 2.87 bits per heavy atom. The van der Waals surface area contributed by atoms with Crippen molar-refractivity contribution in [3.05, 3.63) is 65.5 Å². The molecule has 0 saturated carbocycles. The highest BCUT2D eigenvalue weighted by atomic mass is 16.1. The average Bonchev–Trinajstić information content (AvgIpc) is 2.60. The molecular formula is C17H21N5O. The van der Waals surface area contributed by atoms with Gasteiger partial charge in [-0.25, -0.2) is 4.99 Å². The van der Waals surface area contributed by atoms with E-state index in [2.05, 4.69) is 20.6 Å². The molecule has 6 heteroatoms. The normalized spacial score (nSPS) is 11.1. The predicted molar refractivity (Wildman–Crippen MR) is 91.1 cm³/mol. The highest BCUT2D eigenvalue weighted by Crippen LogP contribution is 2.06. The standard InChI is InChI=1S/C17H21N5O/c1-19-16(23)14-6-4-5-13(11-14)12-22-17(18)21-10-8-15-7-2-3-9-20-15/h2-7,9,11H,8,10,12H2,1H3,(H,19,23)(H3,18,21,22). The molecule has 120 valence electrons. The van der Waals surface area contributed by atoms with Crippen LogP contribution < -0.4 is 16.4 Å². The fourth-order valence-electron chi connectivity index (χ4n) is 2.05.